The number of nitrogens with one attached hydrogen (secondary N) is 3. The van der Waals surface area contributed by atoms with Gasteiger partial charge in [0.25, 0.3) is 0 Å². The van der Waals surface area contributed by atoms with Crippen LogP contribution in [0.15, 0.2) is 17.2 Å². The lowest BCUT2D eigenvalue weighted by Crippen LogP contribution is -2.39. The molecule has 0 aromatic carbocycles. The van der Waals surface area contributed by atoms with Gasteiger partial charge in [0.15, 0.2) is 0 Å². The first-order valence-corrected chi connectivity index (χ1v) is 8.33. The van der Waals surface area contributed by atoms with Crippen molar-refractivity contribution in [3.8, 4) is 0 Å². The molecule has 1 aromatic heterocycles. The zero-order valence-electron chi connectivity index (χ0n) is 12.0. The largest absolute Gasteiger partial charge is 0.381 e. The number of H-pyrrole nitrogens is 1. The van der Waals surface area contributed by atoms with Gasteiger partial charge in [-0.25, -0.2) is 13.1 Å². The molecule has 0 spiro atoms. The molecule has 0 radical (unpaired) electrons. The molecule has 3 N–H and O–H groups in total. The van der Waals surface area contributed by atoms with Crippen molar-refractivity contribution in [1.29, 1.82) is 0 Å². The molecule has 1 aromatic rings. The maximum absolute atomic E-state index is 12.3. The third-order valence-electron chi connectivity index (χ3n) is 3.78. The zero-order valence-corrected chi connectivity index (χ0v) is 12.8. The topological polar surface area (TPSA) is 83.2 Å². The second-order valence-electron chi connectivity index (χ2n) is 5.64. The number of aromatic nitrogens is 1. The predicted octanol–water partition coefficient (Wildman–Crippen LogP) is 0.829. The van der Waals surface area contributed by atoms with Crippen molar-refractivity contribution in [1.82, 2.24) is 15.0 Å². The maximum Gasteiger partial charge on any atom is 0.242 e. The van der Waals surface area contributed by atoms with E-state index < -0.39 is 10.0 Å². The highest BCUT2D eigenvalue weighted by atomic mass is 32.2. The fourth-order valence-electron chi connectivity index (χ4n) is 2.26. The van der Waals surface area contributed by atoms with Crippen LogP contribution in [0.2, 0.25) is 0 Å². The molecule has 0 bridgehead atoms. The fourth-order valence-corrected chi connectivity index (χ4v) is 3.48. The lowest BCUT2D eigenvalue weighted by molar-refractivity contribution is 0.0265. The van der Waals surface area contributed by atoms with E-state index in [2.05, 4.69) is 21.9 Å². The molecule has 0 aliphatic carbocycles. The van der Waals surface area contributed by atoms with Crippen molar-refractivity contribution in [2.24, 2.45) is 5.41 Å². The number of aromatic amines is 1. The molecule has 2 heterocycles. The average molecular weight is 301 g/mol. The Hall–Kier alpha value is -0.890. The molecule has 0 atom stereocenters. The smallest absolute Gasteiger partial charge is 0.242 e. The monoisotopic (exact) mass is 301 g/mol. The molecule has 1 aliphatic rings. The molecule has 1 aliphatic heterocycles. The summed E-state index contributed by atoms with van der Waals surface area (Å²) in [6, 6.07) is 1.66. The van der Waals surface area contributed by atoms with E-state index in [1.807, 2.05) is 7.05 Å². The highest BCUT2D eigenvalue weighted by Crippen LogP contribution is 2.29. The third kappa shape index (κ3) is 3.82. The van der Waals surface area contributed by atoms with E-state index in [4.69, 9.17) is 4.74 Å². The molecule has 0 amide bonds. The molecule has 20 heavy (non-hydrogen) atoms. The number of sulfonamides is 1. The first kappa shape index (κ1) is 15.5. The molecular formula is C13H23N3O3S. The molecular weight excluding hydrogens is 278 g/mol. The Kier molecular flexibility index (Phi) is 4.85. The van der Waals surface area contributed by atoms with Gasteiger partial charge < -0.3 is 15.0 Å². The van der Waals surface area contributed by atoms with Crippen molar-refractivity contribution >= 4 is 10.0 Å². The molecule has 1 fully saturated rings. The van der Waals surface area contributed by atoms with Crippen molar-refractivity contribution in [2.45, 2.75) is 31.2 Å². The van der Waals surface area contributed by atoms with E-state index in [1.54, 1.807) is 6.07 Å². The summed E-state index contributed by atoms with van der Waals surface area (Å²) in [5.41, 5.74) is 0.834. The van der Waals surface area contributed by atoms with Gasteiger partial charge in [0, 0.05) is 38.2 Å². The zero-order chi connectivity index (χ0) is 14.6. The van der Waals surface area contributed by atoms with Gasteiger partial charge >= 0.3 is 0 Å². The van der Waals surface area contributed by atoms with Crippen LogP contribution < -0.4 is 10.0 Å². The van der Waals surface area contributed by atoms with Crippen molar-refractivity contribution in [3.05, 3.63) is 18.0 Å². The standard InChI is InChI=1S/C13H23N3O3S/c1-13(3-5-19-6-4-13)10-16-20(17,18)12-7-11(8-14-2)15-9-12/h7,9,14-16H,3-6,8,10H2,1-2H3. The summed E-state index contributed by atoms with van der Waals surface area (Å²) >= 11 is 0. The lowest BCUT2D eigenvalue weighted by atomic mass is 9.83. The Morgan fingerprint density at radius 3 is 2.75 bits per heavy atom. The first-order valence-electron chi connectivity index (χ1n) is 6.84. The quantitative estimate of drug-likeness (QED) is 0.727. The van der Waals surface area contributed by atoms with E-state index in [0.29, 0.717) is 31.2 Å². The molecule has 2 rings (SSSR count). The summed E-state index contributed by atoms with van der Waals surface area (Å²) in [5.74, 6) is 0. The Morgan fingerprint density at radius 2 is 2.10 bits per heavy atom. The van der Waals surface area contributed by atoms with Crippen LogP contribution in [0.25, 0.3) is 0 Å². The molecule has 114 valence electrons. The summed E-state index contributed by atoms with van der Waals surface area (Å²) in [6.07, 6.45) is 3.29. The minimum Gasteiger partial charge on any atom is -0.381 e. The number of hydrogen-bond acceptors (Lipinski definition) is 4. The van der Waals surface area contributed by atoms with Crippen molar-refractivity contribution in [3.63, 3.8) is 0 Å². The summed E-state index contributed by atoms with van der Waals surface area (Å²) < 4.78 is 32.5. The minimum atomic E-state index is -3.45. The minimum absolute atomic E-state index is 0.0184. The SMILES string of the molecule is CNCc1cc(S(=O)(=O)NCC2(C)CCOCC2)c[nH]1. The van der Waals surface area contributed by atoms with Gasteiger partial charge in [0.05, 0.1) is 4.90 Å². The van der Waals surface area contributed by atoms with Gasteiger partial charge in [0.2, 0.25) is 10.0 Å². The molecule has 6 nitrogen and oxygen atoms in total. The highest BCUT2D eigenvalue weighted by Gasteiger charge is 2.29. The van der Waals surface area contributed by atoms with Crippen LogP contribution in [0, 0.1) is 5.41 Å². The number of ether oxygens (including phenoxy) is 1. The van der Waals surface area contributed by atoms with E-state index in [0.717, 1.165) is 18.5 Å². The molecule has 1 saturated heterocycles. The third-order valence-corrected chi connectivity index (χ3v) is 5.16. The van der Waals surface area contributed by atoms with Gasteiger partial charge in [-0.3, -0.25) is 0 Å². The van der Waals surface area contributed by atoms with Gasteiger partial charge in [-0.15, -0.1) is 0 Å². The van der Waals surface area contributed by atoms with Gasteiger partial charge in [-0.1, -0.05) is 6.92 Å². The highest BCUT2D eigenvalue weighted by molar-refractivity contribution is 7.89. The van der Waals surface area contributed by atoms with Gasteiger partial charge in [-0.05, 0) is 31.4 Å². The Labute approximate surface area is 120 Å². The van der Waals surface area contributed by atoms with Crippen LogP contribution in [0.1, 0.15) is 25.5 Å². The van der Waals surface area contributed by atoms with Crippen LogP contribution in [0.3, 0.4) is 0 Å². The van der Waals surface area contributed by atoms with Crippen LogP contribution >= 0.6 is 0 Å². The van der Waals surface area contributed by atoms with Crippen LogP contribution in [0.4, 0.5) is 0 Å². The lowest BCUT2D eigenvalue weighted by Gasteiger charge is -2.33. The number of hydrogen-bond donors (Lipinski definition) is 3. The molecule has 0 saturated carbocycles. The van der Waals surface area contributed by atoms with Crippen LogP contribution in [-0.2, 0) is 21.3 Å². The van der Waals surface area contributed by atoms with Gasteiger partial charge in [0.1, 0.15) is 0 Å². The van der Waals surface area contributed by atoms with Crippen molar-refractivity contribution < 1.29 is 13.2 Å². The summed E-state index contributed by atoms with van der Waals surface area (Å²) in [5, 5.41) is 2.98. The molecule has 0 unspecified atom stereocenters. The predicted molar refractivity (Wildman–Crippen MR) is 76.9 cm³/mol. The summed E-state index contributed by atoms with van der Waals surface area (Å²) in [4.78, 5) is 3.25. The van der Waals surface area contributed by atoms with E-state index >= 15 is 0 Å². The van der Waals surface area contributed by atoms with Gasteiger partial charge in [-0.2, -0.15) is 0 Å². The molecule has 7 heteroatoms. The van der Waals surface area contributed by atoms with Crippen molar-refractivity contribution in [2.75, 3.05) is 26.8 Å². The summed E-state index contributed by atoms with van der Waals surface area (Å²) in [7, 11) is -1.63. The fraction of sp³-hybridized carbons (Fsp3) is 0.692. The Balaban J connectivity index is 1.99. The number of rotatable bonds is 6. The first-order chi connectivity index (χ1) is 9.45. The maximum atomic E-state index is 12.3. The van der Waals surface area contributed by atoms with Crippen LogP contribution in [0.5, 0.6) is 0 Å². The average Bonchev–Trinajstić information content (AvgIpc) is 2.88. The van der Waals surface area contributed by atoms with E-state index in [9.17, 15) is 8.42 Å². The van der Waals surface area contributed by atoms with E-state index in [-0.39, 0.29) is 5.41 Å². The van der Waals surface area contributed by atoms with Crippen LogP contribution in [-0.4, -0.2) is 40.2 Å². The Bertz CT molecular complexity index is 533. The normalized spacial score (nSPS) is 19.1. The second-order valence-corrected chi connectivity index (χ2v) is 7.41. The summed E-state index contributed by atoms with van der Waals surface area (Å²) in [6.45, 7) is 4.57. The second kappa shape index (κ2) is 6.26. The van der Waals surface area contributed by atoms with E-state index in [1.165, 1.54) is 6.20 Å². The Morgan fingerprint density at radius 1 is 1.40 bits per heavy atom.